The van der Waals surface area contributed by atoms with Gasteiger partial charge in [0.15, 0.2) is 0 Å². The van der Waals surface area contributed by atoms with Gasteiger partial charge in [-0.25, -0.2) is 9.59 Å². The molecule has 1 N–H and O–H groups in total. The molecule has 104 valence electrons. The molecule has 0 radical (unpaired) electrons. The number of hydrogen-bond acceptors (Lipinski definition) is 3. The van der Waals surface area contributed by atoms with Crippen molar-refractivity contribution >= 4 is 11.9 Å². The Labute approximate surface area is 116 Å². The molecule has 0 bridgehead atoms. The Morgan fingerprint density at radius 3 is 2.40 bits per heavy atom. The SMILES string of the molecule is CCOC(=O)c1cn(-c2ccc(C(=O)O)cc2)cc1C. The van der Waals surface area contributed by atoms with Crippen LogP contribution in [0.2, 0.25) is 0 Å². The first kappa shape index (κ1) is 13.9. The third-order valence-electron chi connectivity index (χ3n) is 2.93. The molecular formula is C15H15NO4. The van der Waals surface area contributed by atoms with Gasteiger partial charge >= 0.3 is 11.9 Å². The van der Waals surface area contributed by atoms with E-state index in [1.165, 1.54) is 12.1 Å². The Balaban J connectivity index is 2.32. The molecule has 0 fully saturated rings. The number of rotatable bonds is 4. The molecule has 0 unspecified atom stereocenters. The molecule has 0 amide bonds. The average molecular weight is 273 g/mol. The molecule has 1 aromatic heterocycles. The maximum absolute atomic E-state index is 11.7. The Kier molecular flexibility index (Phi) is 3.89. The van der Waals surface area contributed by atoms with Gasteiger partial charge in [0.1, 0.15) is 0 Å². The highest BCUT2D eigenvalue weighted by Gasteiger charge is 2.13. The molecule has 5 nitrogen and oxygen atoms in total. The lowest BCUT2D eigenvalue weighted by Crippen LogP contribution is -2.04. The lowest BCUT2D eigenvalue weighted by Gasteiger charge is -2.03. The monoisotopic (exact) mass is 273 g/mol. The van der Waals surface area contributed by atoms with Crippen molar-refractivity contribution in [2.45, 2.75) is 13.8 Å². The zero-order valence-corrected chi connectivity index (χ0v) is 11.3. The highest BCUT2D eigenvalue weighted by molar-refractivity contribution is 5.91. The fourth-order valence-electron chi connectivity index (χ4n) is 1.90. The van der Waals surface area contributed by atoms with Crippen LogP contribution >= 0.6 is 0 Å². The number of nitrogens with zero attached hydrogens (tertiary/aromatic N) is 1. The van der Waals surface area contributed by atoms with E-state index in [1.54, 1.807) is 29.8 Å². The first-order valence-electron chi connectivity index (χ1n) is 6.22. The van der Waals surface area contributed by atoms with E-state index in [4.69, 9.17) is 9.84 Å². The van der Waals surface area contributed by atoms with Gasteiger partial charge in [-0.15, -0.1) is 0 Å². The summed E-state index contributed by atoms with van der Waals surface area (Å²) in [4.78, 5) is 22.5. The van der Waals surface area contributed by atoms with Gasteiger partial charge in [-0.05, 0) is 43.7 Å². The molecule has 5 heteroatoms. The number of aryl methyl sites for hydroxylation is 1. The van der Waals surface area contributed by atoms with Crippen molar-refractivity contribution in [1.82, 2.24) is 4.57 Å². The summed E-state index contributed by atoms with van der Waals surface area (Å²) in [5.41, 5.74) is 2.33. The molecule has 0 spiro atoms. The molecular weight excluding hydrogens is 258 g/mol. The number of aromatic nitrogens is 1. The molecule has 2 rings (SSSR count). The third kappa shape index (κ3) is 2.71. The number of carbonyl (C=O) groups excluding carboxylic acids is 1. The topological polar surface area (TPSA) is 68.5 Å². The van der Waals surface area contributed by atoms with Crippen molar-refractivity contribution in [3.05, 3.63) is 53.3 Å². The van der Waals surface area contributed by atoms with Crippen LogP contribution in [-0.2, 0) is 4.74 Å². The van der Waals surface area contributed by atoms with E-state index >= 15 is 0 Å². The van der Waals surface area contributed by atoms with E-state index in [0.29, 0.717) is 12.2 Å². The van der Waals surface area contributed by atoms with E-state index in [-0.39, 0.29) is 11.5 Å². The standard InChI is InChI=1S/C15H15NO4/c1-3-20-15(19)13-9-16(8-10(13)2)12-6-4-11(5-7-12)14(17)18/h4-9H,3H2,1-2H3,(H,17,18). The van der Waals surface area contributed by atoms with Crippen LogP contribution in [0.1, 0.15) is 33.2 Å². The van der Waals surface area contributed by atoms with Crippen molar-refractivity contribution in [3.63, 3.8) is 0 Å². The number of carboxylic acids is 1. The number of hydrogen-bond donors (Lipinski definition) is 1. The lowest BCUT2D eigenvalue weighted by molar-refractivity contribution is 0.0525. The van der Waals surface area contributed by atoms with Crippen LogP contribution < -0.4 is 0 Å². The molecule has 0 atom stereocenters. The largest absolute Gasteiger partial charge is 0.478 e. The van der Waals surface area contributed by atoms with Crippen molar-refractivity contribution < 1.29 is 19.4 Å². The van der Waals surface area contributed by atoms with Crippen molar-refractivity contribution in [3.8, 4) is 5.69 Å². The summed E-state index contributed by atoms with van der Waals surface area (Å²) in [6.07, 6.45) is 3.49. The van der Waals surface area contributed by atoms with E-state index < -0.39 is 5.97 Å². The van der Waals surface area contributed by atoms with Gasteiger partial charge in [0.2, 0.25) is 0 Å². The van der Waals surface area contributed by atoms with E-state index in [9.17, 15) is 9.59 Å². The molecule has 20 heavy (non-hydrogen) atoms. The normalized spacial score (nSPS) is 10.3. The fraction of sp³-hybridized carbons (Fsp3) is 0.200. The predicted molar refractivity (Wildman–Crippen MR) is 73.4 cm³/mol. The number of ether oxygens (including phenoxy) is 1. The van der Waals surface area contributed by atoms with Gasteiger partial charge in [-0.2, -0.15) is 0 Å². The third-order valence-corrected chi connectivity index (χ3v) is 2.93. The highest BCUT2D eigenvalue weighted by Crippen LogP contribution is 2.17. The number of carbonyl (C=O) groups is 2. The zero-order valence-electron chi connectivity index (χ0n) is 11.3. The van der Waals surface area contributed by atoms with Crippen LogP contribution in [-0.4, -0.2) is 28.2 Å². The van der Waals surface area contributed by atoms with Crippen molar-refractivity contribution in [2.75, 3.05) is 6.61 Å². The smallest absolute Gasteiger partial charge is 0.339 e. The Hall–Kier alpha value is -2.56. The molecule has 0 saturated carbocycles. The molecule has 0 aliphatic heterocycles. The fourth-order valence-corrected chi connectivity index (χ4v) is 1.90. The minimum Gasteiger partial charge on any atom is -0.478 e. The second kappa shape index (κ2) is 5.61. The van der Waals surface area contributed by atoms with E-state index in [1.807, 2.05) is 13.1 Å². The first-order valence-corrected chi connectivity index (χ1v) is 6.22. The van der Waals surface area contributed by atoms with Crippen LogP contribution in [0, 0.1) is 6.92 Å². The summed E-state index contributed by atoms with van der Waals surface area (Å²) in [5.74, 6) is -1.32. The maximum Gasteiger partial charge on any atom is 0.339 e. The van der Waals surface area contributed by atoms with Gasteiger partial charge in [-0.1, -0.05) is 0 Å². The lowest BCUT2D eigenvalue weighted by atomic mass is 10.2. The predicted octanol–water partition coefficient (Wildman–Crippen LogP) is 2.66. The summed E-state index contributed by atoms with van der Waals surface area (Å²) in [6.45, 7) is 3.92. The summed E-state index contributed by atoms with van der Waals surface area (Å²) >= 11 is 0. The van der Waals surface area contributed by atoms with Gasteiger partial charge in [0.05, 0.1) is 17.7 Å². The molecule has 0 aliphatic carbocycles. The molecule has 0 saturated heterocycles. The second-order valence-corrected chi connectivity index (χ2v) is 4.33. The molecule has 1 aromatic carbocycles. The molecule has 2 aromatic rings. The van der Waals surface area contributed by atoms with Crippen LogP contribution in [0.5, 0.6) is 0 Å². The number of benzene rings is 1. The van der Waals surface area contributed by atoms with Crippen molar-refractivity contribution in [2.24, 2.45) is 0 Å². The maximum atomic E-state index is 11.7. The Morgan fingerprint density at radius 2 is 1.85 bits per heavy atom. The summed E-state index contributed by atoms with van der Waals surface area (Å²) < 4.78 is 6.75. The van der Waals surface area contributed by atoms with Gasteiger partial charge in [0, 0.05) is 18.1 Å². The van der Waals surface area contributed by atoms with Gasteiger partial charge in [-0.3, -0.25) is 0 Å². The number of carboxylic acid groups (broad SMARTS) is 1. The minimum absolute atomic E-state index is 0.225. The summed E-state index contributed by atoms with van der Waals surface area (Å²) in [7, 11) is 0. The first-order chi connectivity index (χ1) is 9.52. The van der Waals surface area contributed by atoms with Gasteiger partial charge in [0.25, 0.3) is 0 Å². The molecule has 1 heterocycles. The summed E-state index contributed by atoms with van der Waals surface area (Å²) in [6, 6.07) is 6.43. The van der Waals surface area contributed by atoms with Crippen LogP contribution in [0.3, 0.4) is 0 Å². The highest BCUT2D eigenvalue weighted by atomic mass is 16.5. The van der Waals surface area contributed by atoms with E-state index in [0.717, 1.165) is 11.3 Å². The quantitative estimate of drug-likeness (QED) is 0.869. The van der Waals surface area contributed by atoms with Crippen LogP contribution in [0.15, 0.2) is 36.7 Å². The summed E-state index contributed by atoms with van der Waals surface area (Å²) in [5, 5.41) is 8.86. The average Bonchev–Trinajstić information content (AvgIpc) is 2.81. The molecule has 0 aliphatic rings. The Morgan fingerprint density at radius 1 is 1.20 bits per heavy atom. The van der Waals surface area contributed by atoms with Crippen LogP contribution in [0.4, 0.5) is 0 Å². The van der Waals surface area contributed by atoms with Crippen LogP contribution in [0.25, 0.3) is 5.69 Å². The van der Waals surface area contributed by atoms with Crippen molar-refractivity contribution in [1.29, 1.82) is 0 Å². The second-order valence-electron chi connectivity index (χ2n) is 4.33. The zero-order chi connectivity index (χ0) is 14.7. The number of esters is 1. The Bertz CT molecular complexity index is 640. The van der Waals surface area contributed by atoms with Gasteiger partial charge < -0.3 is 14.4 Å². The minimum atomic E-state index is -0.965. The van der Waals surface area contributed by atoms with E-state index in [2.05, 4.69) is 0 Å². The number of aromatic carboxylic acids is 1.